The SMILES string of the molecule is CCCNC(=O)[C@H](Cc1ccccc1)N(Cc1ccc(C)cc1)C(=O)CCCN(c1cccc(C(F)(F)F)c1)S(C)(=O)=O. The van der Waals surface area contributed by atoms with E-state index < -0.39 is 27.8 Å². The Morgan fingerprint density at radius 3 is 2.21 bits per heavy atom. The van der Waals surface area contributed by atoms with Crippen LogP contribution in [0, 0.1) is 6.92 Å². The summed E-state index contributed by atoms with van der Waals surface area (Å²) < 4.78 is 65.9. The van der Waals surface area contributed by atoms with Crippen LogP contribution in [-0.2, 0) is 38.8 Å². The smallest absolute Gasteiger partial charge is 0.354 e. The number of alkyl halides is 3. The summed E-state index contributed by atoms with van der Waals surface area (Å²) in [5, 5.41) is 2.90. The molecule has 1 N–H and O–H groups in total. The molecule has 0 aromatic heterocycles. The zero-order chi connectivity index (χ0) is 31.6. The number of aryl methyl sites for hydroxylation is 1. The molecule has 0 fully saturated rings. The monoisotopic (exact) mass is 617 g/mol. The normalized spacial score (nSPS) is 12.4. The van der Waals surface area contributed by atoms with Crippen molar-refractivity contribution in [1.82, 2.24) is 10.2 Å². The van der Waals surface area contributed by atoms with E-state index in [2.05, 4.69) is 5.32 Å². The number of halogens is 3. The minimum absolute atomic E-state index is 0.0290. The number of nitrogens with one attached hydrogen (secondary N) is 1. The summed E-state index contributed by atoms with van der Waals surface area (Å²) in [6.07, 6.45) is -2.84. The van der Waals surface area contributed by atoms with Crippen LogP contribution in [0.5, 0.6) is 0 Å². The first-order valence-corrected chi connectivity index (χ1v) is 16.0. The number of carbonyl (C=O) groups is 2. The third kappa shape index (κ3) is 10.1. The fourth-order valence-corrected chi connectivity index (χ4v) is 5.61. The average molecular weight is 618 g/mol. The number of hydrogen-bond acceptors (Lipinski definition) is 4. The van der Waals surface area contributed by atoms with Gasteiger partial charge in [0.2, 0.25) is 21.8 Å². The third-order valence-electron chi connectivity index (χ3n) is 6.91. The second kappa shape index (κ2) is 15.0. The van der Waals surface area contributed by atoms with Crippen LogP contribution in [-0.4, -0.2) is 50.5 Å². The van der Waals surface area contributed by atoms with Crippen LogP contribution in [0.4, 0.5) is 18.9 Å². The largest absolute Gasteiger partial charge is 0.416 e. The number of rotatable bonds is 14. The molecule has 0 heterocycles. The number of benzene rings is 3. The van der Waals surface area contributed by atoms with Crippen molar-refractivity contribution in [3.63, 3.8) is 0 Å². The number of nitrogens with zero attached hydrogens (tertiary/aromatic N) is 2. The quantitative estimate of drug-likeness (QED) is 0.251. The first-order chi connectivity index (χ1) is 20.3. The molecule has 11 heteroatoms. The maximum atomic E-state index is 13.8. The van der Waals surface area contributed by atoms with Crippen molar-refractivity contribution in [2.45, 2.75) is 58.3 Å². The third-order valence-corrected chi connectivity index (χ3v) is 8.10. The molecule has 43 heavy (non-hydrogen) atoms. The minimum Gasteiger partial charge on any atom is -0.354 e. The number of carbonyl (C=O) groups excluding carboxylic acids is 2. The maximum absolute atomic E-state index is 13.8. The van der Waals surface area contributed by atoms with Gasteiger partial charge in [-0.2, -0.15) is 13.2 Å². The lowest BCUT2D eigenvalue weighted by atomic mass is 10.0. The van der Waals surface area contributed by atoms with E-state index in [4.69, 9.17) is 0 Å². The molecule has 1 atom stereocenters. The Hall–Kier alpha value is -3.86. The molecular formula is C32H38F3N3O4S. The molecule has 3 aromatic carbocycles. The highest BCUT2D eigenvalue weighted by Gasteiger charge is 2.32. The predicted molar refractivity (Wildman–Crippen MR) is 162 cm³/mol. The van der Waals surface area contributed by atoms with Crippen molar-refractivity contribution in [2.75, 3.05) is 23.7 Å². The van der Waals surface area contributed by atoms with Gasteiger partial charge >= 0.3 is 6.18 Å². The van der Waals surface area contributed by atoms with Crippen LogP contribution < -0.4 is 9.62 Å². The molecular weight excluding hydrogens is 579 g/mol. The Balaban J connectivity index is 1.88. The van der Waals surface area contributed by atoms with Crippen LogP contribution in [0.15, 0.2) is 78.9 Å². The molecule has 0 aliphatic heterocycles. The van der Waals surface area contributed by atoms with Crippen LogP contribution in [0.25, 0.3) is 0 Å². The molecule has 0 aliphatic carbocycles. The Morgan fingerprint density at radius 2 is 1.60 bits per heavy atom. The van der Waals surface area contributed by atoms with Crippen LogP contribution in [0.2, 0.25) is 0 Å². The van der Waals surface area contributed by atoms with E-state index in [-0.39, 0.29) is 49.9 Å². The molecule has 0 saturated carbocycles. The standard InChI is InChI=1S/C32H38F3N3O4S/c1-4-19-36-31(40)29(21-25-10-6-5-7-11-25)37(23-26-17-15-24(2)16-18-26)30(39)14-9-20-38(43(3,41)42)28-13-8-12-27(22-28)32(33,34)35/h5-8,10-13,15-18,22,29H,4,9,14,19-21,23H2,1-3H3,(H,36,40)/t29-/m0/s1. The van der Waals surface area contributed by atoms with E-state index in [0.717, 1.165) is 45.5 Å². The van der Waals surface area contributed by atoms with Crippen molar-refractivity contribution in [1.29, 1.82) is 0 Å². The maximum Gasteiger partial charge on any atom is 0.416 e. The van der Waals surface area contributed by atoms with Crippen molar-refractivity contribution in [3.8, 4) is 0 Å². The Kier molecular flexibility index (Phi) is 11.8. The van der Waals surface area contributed by atoms with Gasteiger partial charge in [-0.05, 0) is 49.1 Å². The summed E-state index contributed by atoms with van der Waals surface area (Å²) in [4.78, 5) is 28.7. The molecule has 3 aromatic rings. The first-order valence-electron chi connectivity index (χ1n) is 14.1. The highest BCUT2D eigenvalue weighted by molar-refractivity contribution is 7.92. The van der Waals surface area contributed by atoms with E-state index in [9.17, 15) is 31.2 Å². The minimum atomic E-state index is -4.64. The van der Waals surface area contributed by atoms with Crippen molar-refractivity contribution >= 4 is 27.5 Å². The van der Waals surface area contributed by atoms with Crippen molar-refractivity contribution in [2.24, 2.45) is 0 Å². The second-order valence-corrected chi connectivity index (χ2v) is 12.4. The van der Waals surface area contributed by atoms with E-state index in [1.54, 1.807) is 0 Å². The lowest BCUT2D eigenvalue weighted by Crippen LogP contribution is -2.50. The van der Waals surface area contributed by atoms with Crippen LogP contribution in [0.1, 0.15) is 48.4 Å². The number of hydrogen-bond donors (Lipinski definition) is 1. The molecule has 232 valence electrons. The zero-order valence-electron chi connectivity index (χ0n) is 24.6. The lowest BCUT2D eigenvalue weighted by Gasteiger charge is -2.32. The molecule has 7 nitrogen and oxygen atoms in total. The molecule has 2 amide bonds. The molecule has 0 aliphatic rings. The van der Waals surface area contributed by atoms with Gasteiger partial charge in [0.25, 0.3) is 0 Å². The van der Waals surface area contributed by atoms with E-state index in [1.807, 2.05) is 68.4 Å². The molecule has 0 saturated heterocycles. The van der Waals surface area contributed by atoms with Crippen molar-refractivity contribution < 1.29 is 31.2 Å². The fourth-order valence-electron chi connectivity index (χ4n) is 4.65. The van der Waals surface area contributed by atoms with Crippen molar-refractivity contribution in [3.05, 3.63) is 101 Å². The molecule has 0 radical (unpaired) electrons. The van der Waals surface area contributed by atoms with E-state index in [0.29, 0.717) is 13.0 Å². The van der Waals surface area contributed by atoms with Gasteiger partial charge in [-0.25, -0.2) is 8.42 Å². The highest BCUT2D eigenvalue weighted by atomic mass is 32.2. The number of sulfonamides is 1. The Morgan fingerprint density at radius 1 is 0.930 bits per heavy atom. The van der Waals surface area contributed by atoms with Gasteiger partial charge < -0.3 is 10.2 Å². The Labute approximate surface area is 251 Å². The summed E-state index contributed by atoms with van der Waals surface area (Å²) in [5.74, 6) is -0.668. The Bertz CT molecular complexity index is 1460. The van der Waals surface area contributed by atoms with Gasteiger partial charge in [0.15, 0.2) is 0 Å². The molecule has 3 rings (SSSR count). The van der Waals surface area contributed by atoms with Gasteiger partial charge in [0.05, 0.1) is 17.5 Å². The summed E-state index contributed by atoms with van der Waals surface area (Å²) in [5.41, 5.74) is 1.62. The van der Waals surface area contributed by atoms with E-state index >= 15 is 0 Å². The van der Waals surface area contributed by atoms with Gasteiger partial charge in [-0.3, -0.25) is 13.9 Å². The highest BCUT2D eigenvalue weighted by Crippen LogP contribution is 2.32. The number of amides is 2. The molecule has 0 unspecified atom stereocenters. The van der Waals surface area contributed by atoms with Gasteiger partial charge in [0, 0.05) is 32.5 Å². The van der Waals surface area contributed by atoms with Gasteiger partial charge in [-0.15, -0.1) is 0 Å². The fraction of sp³-hybridized carbons (Fsp3) is 0.375. The van der Waals surface area contributed by atoms with Gasteiger partial charge in [-0.1, -0.05) is 73.2 Å². The van der Waals surface area contributed by atoms with E-state index in [1.165, 1.54) is 11.0 Å². The van der Waals surface area contributed by atoms with Crippen LogP contribution >= 0.6 is 0 Å². The predicted octanol–water partition coefficient (Wildman–Crippen LogP) is 5.73. The summed E-state index contributed by atoms with van der Waals surface area (Å²) in [7, 11) is -3.95. The summed E-state index contributed by atoms with van der Waals surface area (Å²) >= 11 is 0. The topological polar surface area (TPSA) is 86.8 Å². The van der Waals surface area contributed by atoms with Crippen LogP contribution in [0.3, 0.4) is 0 Å². The van der Waals surface area contributed by atoms with Gasteiger partial charge in [0.1, 0.15) is 6.04 Å². The molecule has 0 bridgehead atoms. The number of anilines is 1. The zero-order valence-corrected chi connectivity index (χ0v) is 25.4. The molecule has 0 spiro atoms. The average Bonchev–Trinajstić information content (AvgIpc) is 2.96. The summed E-state index contributed by atoms with van der Waals surface area (Å²) in [6, 6.07) is 20.2. The second-order valence-electron chi connectivity index (χ2n) is 10.5. The first kappa shape index (κ1) is 33.6. The lowest BCUT2D eigenvalue weighted by molar-refractivity contribution is -0.141. The summed E-state index contributed by atoms with van der Waals surface area (Å²) in [6.45, 7) is 4.26.